The van der Waals surface area contributed by atoms with Crippen LogP contribution in [0.1, 0.15) is 55.4 Å². The van der Waals surface area contributed by atoms with E-state index in [9.17, 15) is 9.59 Å². The summed E-state index contributed by atoms with van der Waals surface area (Å²) >= 11 is 0. The molecule has 2 saturated heterocycles. The lowest BCUT2D eigenvalue weighted by atomic mass is 10.2. The molecule has 26 heavy (non-hydrogen) atoms. The van der Waals surface area contributed by atoms with Crippen LogP contribution in [-0.4, -0.2) is 60.9 Å². The van der Waals surface area contributed by atoms with Crippen molar-refractivity contribution in [2.24, 2.45) is 0 Å². The number of ether oxygens (including phenoxy) is 4. The first-order valence-electron chi connectivity index (χ1n) is 8.99. The van der Waals surface area contributed by atoms with Gasteiger partial charge in [0.2, 0.25) is 0 Å². The minimum atomic E-state index is -0.436. The summed E-state index contributed by atoms with van der Waals surface area (Å²) in [6.07, 6.45) is -0.411. The van der Waals surface area contributed by atoms with Gasteiger partial charge in [-0.1, -0.05) is 0 Å². The van der Waals surface area contributed by atoms with Crippen LogP contribution < -0.4 is 10.6 Å². The molecule has 2 aliphatic heterocycles. The average molecular weight is 374 g/mol. The first-order valence-corrected chi connectivity index (χ1v) is 8.99. The summed E-state index contributed by atoms with van der Waals surface area (Å²) < 4.78 is 20.2. The Morgan fingerprint density at radius 1 is 0.808 bits per heavy atom. The van der Waals surface area contributed by atoms with Crippen molar-refractivity contribution in [1.82, 2.24) is 10.6 Å². The molecule has 0 aromatic carbocycles. The van der Waals surface area contributed by atoms with E-state index in [1.807, 2.05) is 55.4 Å². The molecule has 0 spiro atoms. The van der Waals surface area contributed by atoms with Gasteiger partial charge in [-0.3, -0.25) is 0 Å². The van der Waals surface area contributed by atoms with Gasteiger partial charge in [-0.2, -0.15) is 0 Å². The maximum Gasteiger partial charge on any atom is 0.407 e. The van der Waals surface area contributed by atoms with Crippen LogP contribution in [0.3, 0.4) is 0 Å². The second-order valence-electron chi connectivity index (χ2n) is 8.61. The SMILES string of the molecule is C[C@H](NC(=O)OC(C)(C)C)[C@H]1CO1.C[C@H](NC(=O)OC(C)(C)C)[C@H]1CO1. The number of amides is 2. The lowest BCUT2D eigenvalue weighted by Gasteiger charge is -2.21. The Labute approximate surface area is 156 Å². The smallest absolute Gasteiger partial charge is 0.407 e. The molecule has 0 aliphatic carbocycles. The van der Waals surface area contributed by atoms with Gasteiger partial charge in [-0.15, -0.1) is 0 Å². The third kappa shape index (κ3) is 11.1. The van der Waals surface area contributed by atoms with Crippen molar-refractivity contribution in [3.63, 3.8) is 0 Å². The minimum absolute atomic E-state index is 0.0369. The largest absolute Gasteiger partial charge is 0.444 e. The fourth-order valence-corrected chi connectivity index (χ4v) is 1.86. The highest BCUT2D eigenvalue weighted by molar-refractivity contribution is 5.68. The number of hydrogen-bond acceptors (Lipinski definition) is 6. The highest BCUT2D eigenvalue weighted by Gasteiger charge is 2.32. The summed E-state index contributed by atoms with van der Waals surface area (Å²) in [5.41, 5.74) is -0.873. The minimum Gasteiger partial charge on any atom is -0.444 e. The molecule has 0 unspecified atom stereocenters. The fourth-order valence-electron chi connectivity index (χ4n) is 1.86. The second-order valence-corrected chi connectivity index (χ2v) is 8.61. The molecule has 152 valence electrons. The summed E-state index contributed by atoms with van der Waals surface area (Å²) in [6, 6.07) is 0.0738. The lowest BCUT2D eigenvalue weighted by Crippen LogP contribution is -2.40. The molecule has 2 amide bonds. The van der Waals surface area contributed by atoms with E-state index < -0.39 is 11.2 Å². The third-order valence-electron chi connectivity index (χ3n) is 3.32. The van der Waals surface area contributed by atoms with Crippen molar-refractivity contribution >= 4 is 12.2 Å². The van der Waals surface area contributed by atoms with Gasteiger partial charge in [0.25, 0.3) is 0 Å². The number of hydrogen-bond donors (Lipinski definition) is 2. The molecule has 0 bridgehead atoms. The van der Waals surface area contributed by atoms with Crippen LogP contribution in [0.5, 0.6) is 0 Å². The maximum absolute atomic E-state index is 11.2. The molecule has 2 heterocycles. The molecule has 8 nitrogen and oxygen atoms in total. The van der Waals surface area contributed by atoms with Crippen molar-refractivity contribution in [3.05, 3.63) is 0 Å². The molecule has 0 aromatic rings. The molecule has 2 fully saturated rings. The summed E-state index contributed by atoms with van der Waals surface area (Å²) in [6.45, 7) is 16.3. The van der Waals surface area contributed by atoms with Gasteiger partial charge in [-0.05, 0) is 55.4 Å². The molecule has 4 atom stereocenters. The average Bonchev–Trinajstić information content (AvgIpc) is 3.26. The van der Waals surface area contributed by atoms with Gasteiger partial charge in [-0.25, -0.2) is 9.59 Å². The summed E-state index contributed by atoms with van der Waals surface area (Å²) in [4.78, 5) is 22.4. The van der Waals surface area contributed by atoms with Crippen LogP contribution in [0.4, 0.5) is 9.59 Å². The van der Waals surface area contributed by atoms with Gasteiger partial charge < -0.3 is 29.6 Å². The summed E-state index contributed by atoms with van der Waals surface area (Å²) in [5.74, 6) is 0. The molecule has 8 heteroatoms. The maximum atomic E-state index is 11.2. The van der Waals surface area contributed by atoms with E-state index in [1.54, 1.807) is 0 Å². The van der Waals surface area contributed by atoms with Crippen LogP contribution in [0.2, 0.25) is 0 Å². The fraction of sp³-hybridized carbons (Fsp3) is 0.889. The highest BCUT2D eigenvalue weighted by Crippen LogP contribution is 2.15. The Hall–Kier alpha value is -1.54. The summed E-state index contributed by atoms with van der Waals surface area (Å²) in [5, 5.41) is 5.42. The predicted octanol–water partition coefficient (Wildman–Crippen LogP) is 2.60. The highest BCUT2D eigenvalue weighted by atomic mass is 16.6. The van der Waals surface area contributed by atoms with Crippen molar-refractivity contribution in [2.75, 3.05) is 13.2 Å². The number of rotatable bonds is 4. The molecular weight excluding hydrogens is 340 g/mol. The van der Waals surface area contributed by atoms with Gasteiger partial charge in [0.05, 0.1) is 25.3 Å². The van der Waals surface area contributed by atoms with Crippen LogP contribution in [0, 0.1) is 0 Å². The zero-order valence-corrected chi connectivity index (χ0v) is 17.2. The van der Waals surface area contributed by atoms with E-state index in [2.05, 4.69) is 10.6 Å². The Morgan fingerprint density at radius 2 is 1.08 bits per heavy atom. The number of carbonyl (C=O) groups excluding carboxylic acids is 2. The Bertz CT molecular complexity index is 431. The van der Waals surface area contributed by atoms with Gasteiger partial charge in [0.15, 0.2) is 0 Å². The monoisotopic (exact) mass is 374 g/mol. The van der Waals surface area contributed by atoms with Crippen LogP contribution in [0.15, 0.2) is 0 Å². The van der Waals surface area contributed by atoms with E-state index in [1.165, 1.54) is 0 Å². The number of carbonyl (C=O) groups is 2. The van der Waals surface area contributed by atoms with Gasteiger partial charge >= 0.3 is 12.2 Å². The molecule has 2 rings (SSSR count). The predicted molar refractivity (Wildman–Crippen MR) is 97.1 cm³/mol. The quantitative estimate of drug-likeness (QED) is 0.734. The molecule has 2 N–H and O–H groups in total. The molecule has 2 aliphatic rings. The van der Waals surface area contributed by atoms with Crippen LogP contribution in [0.25, 0.3) is 0 Å². The number of epoxide rings is 2. The van der Waals surface area contributed by atoms with Crippen molar-refractivity contribution in [1.29, 1.82) is 0 Å². The zero-order valence-electron chi connectivity index (χ0n) is 17.2. The second kappa shape index (κ2) is 8.90. The van der Waals surface area contributed by atoms with E-state index in [4.69, 9.17) is 18.9 Å². The van der Waals surface area contributed by atoms with E-state index in [0.29, 0.717) is 0 Å². The molecular formula is C18H34N2O6. The van der Waals surface area contributed by atoms with E-state index in [-0.39, 0.29) is 36.5 Å². The zero-order chi connectivity index (χ0) is 20.1. The Kier molecular flexibility index (Phi) is 7.70. The number of alkyl carbamates (subject to hydrolysis) is 2. The molecule has 0 saturated carbocycles. The molecule has 0 radical (unpaired) electrons. The number of nitrogens with one attached hydrogen (secondary N) is 2. The van der Waals surface area contributed by atoms with Crippen LogP contribution >= 0.6 is 0 Å². The first kappa shape index (κ1) is 22.5. The van der Waals surface area contributed by atoms with Gasteiger partial charge in [0, 0.05) is 0 Å². The first-order chi connectivity index (χ1) is 11.8. The van der Waals surface area contributed by atoms with E-state index in [0.717, 1.165) is 13.2 Å². The topological polar surface area (TPSA) is 102 Å². The molecule has 0 aromatic heterocycles. The third-order valence-corrected chi connectivity index (χ3v) is 3.32. The van der Waals surface area contributed by atoms with Crippen molar-refractivity contribution in [3.8, 4) is 0 Å². The lowest BCUT2D eigenvalue weighted by molar-refractivity contribution is 0.0489. The van der Waals surface area contributed by atoms with E-state index >= 15 is 0 Å². The Morgan fingerprint density at radius 3 is 1.27 bits per heavy atom. The standard InChI is InChI=1S/2C9H17NO3/c2*1-6(7-5-12-7)10-8(11)13-9(2,3)4/h2*6-7H,5H2,1-4H3,(H,10,11)/t2*6-,7+/m00/s1. The van der Waals surface area contributed by atoms with Gasteiger partial charge in [0.1, 0.15) is 23.4 Å². The van der Waals surface area contributed by atoms with Crippen LogP contribution in [-0.2, 0) is 18.9 Å². The van der Waals surface area contributed by atoms with Crippen molar-refractivity contribution < 1.29 is 28.5 Å². The normalized spacial score (nSPS) is 23.5. The van der Waals surface area contributed by atoms with Crippen molar-refractivity contribution in [2.45, 2.75) is 90.9 Å². The summed E-state index contributed by atoms with van der Waals surface area (Å²) in [7, 11) is 0. The Balaban J connectivity index is 0.000000260.